The summed E-state index contributed by atoms with van der Waals surface area (Å²) in [4.78, 5) is 0. The SMILES string of the molecule is C=C1CC(C(C)C)OC(C)C1(C)C. The summed E-state index contributed by atoms with van der Waals surface area (Å²) < 4.78 is 5.97. The van der Waals surface area contributed by atoms with Crippen LogP contribution < -0.4 is 0 Å². The van der Waals surface area contributed by atoms with Gasteiger partial charge in [-0.1, -0.05) is 39.8 Å². The summed E-state index contributed by atoms with van der Waals surface area (Å²) in [6, 6.07) is 0. The molecule has 0 bridgehead atoms. The van der Waals surface area contributed by atoms with Gasteiger partial charge in [-0.2, -0.15) is 0 Å². The van der Waals surface area contributed by atoms with Crippen molar-refractivity contribution in [3.05, 3.63) is 12.2 Å². The van der Waals surface area contributed by atoms with Crippen LogP contribution in [0.4, 0.5) is 0 Å². The molecule has 0 aromatic rings. The summed E-state index contributed by atoms with van der Waals surface area (Å²) in [7, 11) is 0. The molecule has 0 amide bonds. The second kappa shape index (κ2) is 3.45. The number of hydrogen-bond acceptors (Lipinski definition) is 1. The van der Waals surface area contributed by atoms with E-state index in [1.54, 1.807) is 0 Å². The molecule has 1 aliphatic rings. The number of ether oxygens (including phenoxy) is 1. The summed E-state index contributed by atoms with van der Waals surface area (Å²) >= 11 is 0. The molecule has 1 fully saturated rings. The average molecular weight is 182 g/mol. The van der Waals surface area contributed by atoms with E-state index in [0.717, 1.165) is 6.42 Å². The Morgan fingerprint density at radius 3 is 2.38 bits per heavy atom. The minimum absolute atomic E-state index is 0.144. The lowest BCUT2D eigenvalue weighted by atomic mass is 9.74. The van der Waals surface area contributed by atoms with E-state index < -0.39 is 0 Å². The first-order valence-corrected chi connectivity index (χ1v) is 5.19. The van der Waals surface area contributed by atoms with Crippen molar-refractivity contribution in [1.29, 1.82) is 0 Å². The first kappa shape index (κ1) is 10.8. The van der Waals surface area contributed by atoms with Gasteiger partial charge in [0.1, 0.15) is 0 Å². The molecular weight excluding hydrogens is 160 g/mol. The molecule has 76 valence electrons. The Balaban J connectivity index is 2.74. The highest BCUT2D eigenvalue weighted by Gasteiger charge is 2.37. The monoisotopic (exact) mass is 182 g/mol. The van der Waals surface area contributed by atoms with Gasteiger partial charge in [-0.25, -0.2) is 0 Å². The van der Waals surface area contributed by atoms with Crippen molar-refractivity contribution in [2.45, 2.75) is 53.2 Å². The van der Waals surface area contributed by atoms with Gasteiger partial charge in [0.05, 0.1) is 12.2 Å². The smallest absolute Gasteiger partial charge is 0.0639 e. The van der Waals surface area contributed by atoms with Crippen LogP contribution in [-0.4, -0.2) is 12.2 Å². The fourth-order valence-electron chi connectivity index (χ4n) is 1.67. The van der Waals surface area contributed by atoms with Gasteiger partial charge in [0.25, 0.3) is 0 Å². The minimum atomic E-state index is 0.144. The van der Waals surface area contributed by atoms with Crippen molar-refractivity contribution in [3.63, 3.8) is 0 Å². The van der Waals surface area contributed by atoms with E-state index in [9.17, 15) is 0 Å². The normalized spacial score (nSPS) is 33.8. The van der Waals surface area contributed by atoms with Gasteiger partial charge in [-0.15, -0.1) is 0 Å². The average Bonchev–Trinajstić information content (AvgIpc) is 2.00. The number of rotatable bonds is 1. The molecule has 1 heteroatoms. The molecule has 1 aliphatic heterocycles. The molecule has 2 unspecified atom stereocenters. The lowest BCUT2D eigenvalue weighted by Gasteiger charge is -2.43. The van der Waals surface area contributed by atoms with Crippen LogP contribution in [-0.2, 0) is 4.74 Å². The quantitative estimate of drug-likeness (QED) is 0.565. The van der Waals surface area contributed by atoms with Gasteiger partial charge in [0.15, 0.2) is 0 Å². The summed E-state index contributed by atoms with van der Waals surface area (Å²) in [5, 5.41) is 0. The zero-order valence-electron chi connectivity index (χ0n) is 9.55. The van der Waals surface area contributed by atoms with Crippen molar-refractivity contribution in [2.24, 2.45) is 11.3 Å². The van der Waals surface area contributed by atoms with E-state index in [2.05, 4.69) is 41.2 Å². The third kappa shape index (κ3) is 1.96. The molecule has 0 spiro atoms. The highest BCUT2D eigenvalue weighted by atomic mass is 16.5. The van der Waals surface area contributed by atoms with Crippen LogP contribution in [0.15, 0.2) is 12.2 Å². The van der Waals surface area contributed by atoms with Crippen molar-refractivity contribution in [1.82, 2.24) is 0 Å². The minimum Gasteiger partial charge on any atom is -0.374 e. The van der Waals surface area contributed by atoms with Crippen molar-refractivity contribution < 1.29 is 4.74 Å². The molecule has 1 heterocycles. The predicted octanol–water partition coefficient (Wildman–Crippen LogP) is 3.40. The molecule has 0 aromatic heterocycles. The van der Waals surface area contributed by atoms with E-state index in [0.29, 0.717) is 18.1 Å². The van der Waals surface area contributed by atoms with Gasteiger partial charge in [0.2, 0.25) is 0 Å². The first-order valence-electron chi connectivity index (χ1n) is 5.19. The molecule has 0 radical (unpaired) electrons. The topological polar surface area (TPSA) is 9.23 Å². The second-order valence-corrected chi connectivity index (χ2v) is 5.09. The van der Waals surface area contributed by atoms with Crippen LogP contribution in [0.3, 0.4) is 0 Å². The lowest BCUT2D eigenvalue weighted by molar-refractivity contribution is -0.0951. The summed E-state index contributed by atoms with van der Waals surface area (Å²) in [5.41, 5.74) is 1.48. The maximum Gasteiger partial charge on any atom is 0.0639 e. The van der Waals surface area contributed by atoms with E-state index in [4.69, 9.17) is 4.74 Å². The third-order valence-corrected chi connectivity index (χ3v) is 3.50. The first-order chi connectivity index (χ1) is 5.85. The maximum atomic E-state index is 5.97. The molecule has 0 aromatic carbocycles. The largest absolute Gasteiger partial charge is 0.374 e. The van der Waals surface area contributed by atoms with Gasteiger partial charge in [-0.05, 0) is 19.3 Å². The Hall–Kier alpha value is -0.300. The molecule has 0 aliphatic carbocycles. The van der Waals surface area contributed by atoms with E-state index in [-0.39, 0.29) is 5.41 Å². The Morgan fingerprint density at radius 1 is 1.46 bits per heavy atom. The van der Waals surface area contributed by atoms with Crippen molar-refractivity contribution >= 4 is 0 Å². The second-order valence-electron chi connectivity index (χ2n) is 5.09. The van der Waals surface area contributed by atoms with Crippen molar-refractivity contribution in [2.75, 3.05) is 0 Å². The van der Waals surface area contributed by atoms with Crippen LogP contribution in [0.1, 0.15) is 41.0 Å². The van der Waals surface area contributed by atoms with Gasteiger partial charge in [0, 0.05) is 5.41 Å². The Bertz CT molecular complexity index is 203. The van der Waals surface area contributed by atoms with Crippen LogP contribution in [0, 0.1) is 11.3 Å². The molecule has 1 nitrogen and oxygen atoms in total. The van der Waals surface area contributed by atoms with Crippen LogP contribution in [0.5, 0.6) is 0 Å². The maximum absolute atomic E-state index is 5.97. The summed E-state index contributed by atoms with van der Waals surface area (Å²) in [6.07, 6.45) is 1.69. The van der Waals surface area contributed by atoms with Crippen LogP contribution >= 0.6 is 0 Å². The van der Waals surface area contributed by atoms with Crippen molar-refractivity contribution in [3.8, 4) is 0 Å². The summed E-state index contributed by atoms with van der Waals surface area (Å²) in [6.45, 7) is 15.2. The molecular formula is C12H22O. The molecule has 0 N–H and O–H groups in total. The zero-order valence-corrected chi connectivity index (χ0v) is 9.55. The molecule has 1 saturated heterocycles. The molecule has 0 saturated carbocycles. The Labute approximate surface area is 82.2 Å². The van der Waals surface area contributed by atoms with Crippen LogP contribution in [0.25, 0.3) is 0 Å². The van der Waals surface area contributed by atoms with Gasteiger partial charge in [-0.3, -0.25) is 0 Å². The fraction of sp³-hybridized carbons (Fsp3) is 0.833. The Morgan fingerprint density at radius 2 is 2.00 bits per heavy atom. The fourth-order valence-corrected chi connectivity index (χ4v) is 1.67. The van der Waals surface area contributed by atoms with Gasteiger partial charge < -0.3 is 4.74 Å². The zero-order chi connectivity index (χ0) is 10.2. The highest BCUT2D eigenvalue weighted by Crippen LogP contribution is 2.40. The van der Waals surface area contributed by atoms with Gasteiger partial charge >= 0.3 is 0 Å². The molecule has 13 heavy (non-hydrogen) atoms. The third-order valence-electron chi connectivity index (χ3n) is 3.50. The molecule has 1 rings (SSSR count). The van der Waals surface area contributed by atoms with E-state index in [1.807, 2.05) is 0 Å². The predicted molar refractivity (Wildman–Crippen MR) is 56.7 cm³/mol. The Kier molecular flexibility index (Phi) is 2.86. The number of hydrogen-bond donors (Lipinski definition) is 0. The standard InChI is InChI=1S/C12H22O/c1-8(2)11-7-9(3)12(5,6)10(4)13-11/h8,10-11H,3,7H2,1-2,4-6H3. The van der Waals surface area contributed by atoms with E-state index in [1.165, 1.54) is 5.57 Å². The summed E-state index contributed by atoms with van der Waals surface area (Å²) in [5.74, 6) is 0.593. The van der Waals surface area contributed by atoms with Crippen LogP contribution in [0.2, 0.25) is 0 Å². The molecule has 2 atom stereocenters. The lowest BCUT2D eigenvalue weighted by Crippen LogP contribution is -2.42. The highest BCUT2D eigenvalue weighted by molar-refractivity contribution is 5.13. The van der Waals surface area contributed by atoms with E-state index >= 15 is 0 Å².